The third kappa shape index (κ3) is 2.62. The van der Waals surface area contributed by atoms with Gasteiger partial charge in [-0.05, 0) is 17.7 Å². The molecule has 0 aliphatic heterocycles. The number of hydrogen-bond donors (Lipinski definition) is 1. The monoisotopic (exact) mass is 230 g/mol. The summed E-state index contributed by atoms with van der Waals surface area (Å²) in [5.74, 6) is -2.13. The van der Waals surface area contributed by atoms with Gasteiger partial charge in [-0.2, -0.15) is 13.2 Å². The average Bonchev–Trinajstić information content (AvgIpc) is 2.17. The maximum Gasteiger partial charge on any atom is 0.416 e. The fourth-order valence-corrected chi connectivity index (χ4v) is 1.26. The molecule has 1 rings (SSSR count). The summed E-state index contributed by atoms with van der Waals surface area (Å²) in [5, 5.41) is 8.76. The van der Waals surface area contributed by atoms with Gasteiger partial charge in [-0.3, -0.25) is 4.79 Å². The molecule has 0 aliphatic rings. The van der Waals surface area contributed by atoms with Crippen molar-refractivity contribution in [1.29, 1.82) is 0 Å². The number of carbonyl (C=O) groups is 1. The molecular weight excluding hydrogens is 221 g/mol. The number of aliphatic carboxylic acids is 1. The number of alkyl halides is 3. The van der Waals surface area contributed by atoms with Gasteiger partial charge in [0.05, 0.1) is 11.5 Å². The number of carboxylic acids is 1. The van der Waals surface area contributed by atoms with E-state index >= 15 is 0 Å². The zero-order chi connectivity index (χ0) is 12.3. The topological polar surface area (TPSA) is 37.3 Å². The van der Waals surface area contributed by atoms with Crippen LogP contribution in [0.4, 0.5) is 13.2 Å². The fraction of sp³-hybridized carbons (Fsp3) is 0.182. The highest BCUT2D eigenvalue weighted by molar-refractivity contribution is 5.78. The first kappa shape index (κ1) is 12.3. The van der Waals surface area contributed by atoms with Gasteiger partial charge < -0.3 is 5.11 Å². The van der Waals surface area contributed by atoms with Crippen LogP contribution in [0.15, 0.2) is 36.9 Å². The lowest BCUT2D eigenvalue weighted by atomic mass is 9.98. The highest BCUT2D eigenvalue weighted by atomic mass is 19.4. The number of hydrogen-bond acceptors (Lipinski definition) is 1. The molecule has 0 bridgehead atoms. The number of carboxylic acid groups (broad SMARTS) is 1. The molecule has 0 aliphatic carbocycles. The molecule has 0 aromatic heterocycles. The molecule has 0 spiro atoms. The van der Waals surface area contributed by atoms with Gasteiger partial charge in [-0.25, -0.2) is 0 Å². The van der Waals surface area contributed by atoms with Gasteiger partial charge in [-0.1, -0.05) is 18.2 Å². The van der Waals surface area contributed by atoms with Crippen LogP contribution in [0.3, 0.4) is 0 Å². The van der Waals surface area contributed by atoms with Crippen LogP contribution in [0.5, 0.6) is 0 Å². The van der Waals surface area contributed by atoms with E-state index in [1.54, 1.807) is 0 Å². The predicted octanol–water partition coefficient (Wildman–Crippen LogP) is 3.06. The fourth-order valence-electron chi connectivity index (χ4n) is 1.26. The molecule has 0 amide bonds. The van der Waals surface area contributed by atoms with E-state index in [2.05, 4.69) is 6.58 Å². The minimum Gasteiger partial charge on any atom is -0.481 e. The Balaban J connectivity index is 3.03. The van der Waals surface area contributed by atoms with E-state index in [9.17, 15) is 18.0 Å². The average molecular weight is 230 g/mol. The van der Waals surface area contributed by atoms with Gasteiger partial charge in [0.1, 0.15) is 0 Å². The minimum atomic E-state index is -4.41. The molecule has 0 fully saturated rings. The van der Waals surface area contributed by atoms with Crippen LogP contribution in [0.1, 0.15) is 17.0 Å². The second-order valence-electron chi connectivity index (χ2n) is 3.17. The van der Waals surface area contributed by atoms with E-state index in [1.807, 2.05) is 0 Å². The highest BCUT2D eigenvalue weighted by Gasteiger charge is 2.30. The maximum atomic E-state index is 12.2. The Bertz CT molecular complexity index is 393. The van der Waals surface area contributed by atoms with Gasteiger partial charge >= 0.3 is 12.1 Å². The Morgan fingerprint density at radius 2 is 1.81 bits per heavy atom. The molecule has 0 saturated carbocycles. The summed E-state index contributed by atoms with van der Waals surface area (Å²) in [4.78, 5) is 10.7. The van der Waals surface area contributed by atoms with Crippen molar-refractivity contribution in [3.8, 4) is 0 Å². The SMILES string of the molecule is C=CC(C(=O)O)c1ccc(C(F)(F)F)cc1. The predicted molar refractivity (Wildman–Crippen MR) is 52.0 cm³/mol. The molecule has 1 atom stereocenters. The van der Waals surface area contributed by atoms with Crippen molar-refractivity contribution in [2.75, 3.05) is 0 Å². The maximum absolute atomic E-state index is 12.2. The van der Waals surface area contributed by atoms with E-state index in [0.717, 1.165) is 24.3 Å². The molecule has 0 heterocycles. The summed E-state index contributed by atoms with van der Waals surface area (Å²) in [6.45, 7) is 3.33. The van der Waals surface area contributed by atoms with E-state index in [-0.39, 0.29) is 5.56 Å². The molecule has 1 unspecified atom stereocenters. The molecule has 16 heavy (non-hydrogen) atoms. The smallest absolute Gasteiger partial charge is 0.416 e. The molecular formula is C11H9F3O2. The second kappa shape index (κ2) is 4.38. The third-order valence-electron chi connectivity index (χ3n) is 2.10. The van der Waals surface area contributed by atoms with Crippen molar-refractivity contribution >= 4 is 5.97 Å². The van der Waals surface area contributed by atoms with Crippen LogP contribution in [-0.2, 0) is 11.0 Å². The van der Waals surface area contributed by atoms with E-state index in [1.165, 1.54) is 6.08 Å². The molecule has 1 aromatic rings. The van der Waals surface area contributed by atoms with Crippen LogP contribution >= 0.6 is 0 Å². The molecule has 1 aromatic carbocycles. The van der Waals surface area contributed by atoms with Crippen LogP contribution in [0.25, 0.3) is 0 Å². The minimum absolute atomic E-state index is 0.274. The standard InChI is InChI=1S/C11H9F3O2/c1-2-9(10(15)16)7-3-5-8(6-4-7)11(12,13)14/h2-6,9H,1H2,(H,15,16). The molecule has 0 radical (unpaired) electrons. The van der Waals surface area contributed by atoms with Crippen molar-refractivity contribution in [1.82, 2.24) is 0 Å². The first-order valence-corrected chi connectivity index (χ1v) is 4.38. The van der Waals surface area contributed by atoms with E-state index in [0.29, 0.717) is 0 Å². The van der Waals surface area contributed by atoms with Crippen molar-refractivity contribution in [2.45, 2.75) is 12.1 Å². The zero-order valence-corrected chi connectivity index (χ0v) is 8.16. The van der Waals surface area contributed by atoms with Crippen LogP contribution in [0.2, 0.25) is 0 Å². The Hall–Kier alpha value is -1.78. The van der Waals surface area contributed by atoms with E-state index in [4.69, 9.17) is 5.11 Å². The normalized spacial score (nSPS) is 13.2. The van der Waals surface area contributed by atoms with Crippen molar-refractivity contribution in [3.63, 3.8) is 0 Å². The molecule has 2 nitrogen and oxygen atoms in total. The van der Waals surface area contributed by atoms with Crippen LogP contribution in [-0.4, -0.2) is 11.1 Å². The van der Waals surface area contributed by atoms with Gasteiger partial charge in [0, 0.05) is 0 Å². The number of halogens is 3. The van der Waals surface area contributed by atoms with Crippen molar-refractivity contribution in [2.24, 2.45) is 0 Å². The van der Waals surface area contributed by atoms with Crippen LogP contribution in [0, 0.1) is 0 Å². The molecule has 5 heteroatoms. The number of benzene rings is 1. The third-order valence-corrected chi connectivity index (χ3v) is 2.10. The summed E-state index contributed by atoms with van der Waals surface area (Å²) in [6.07, 6.45) is -3.24. The summed E-state index contributed by atoms with van der Waals surface area (Å²) >= 11 is 0. The zero-order valence-electron chi connectivity index (χ0n) is 8.16. The van der Waals surface area contributed by atoms with E-state index < -0.39 is 23.6 Å². The van der Waals surface area contributed by atoms with Crippen molar-refractivity contribution < 1.29 is 23.1 Å². The lowest BCUT2D eigenvalue weighted by Gasteiger charge is -2.10. The van der Waals surface area contributed by atoms with Gasteiger partial charge in [0.15, 0.2) is 0 Å². The summed E-state index contributed by atoms with van der Waals surface area (Å²) in [5.41, 5.74) is -0.528. The first-order chi connectivity index (χ1) is 7.36. The quantitative estimate of drug-likeness (QED) is 0.810. The molecule has 1 N–H and O–H groups in total. The second-order valence-corrected chi connectivity index (χ2v) is 3.17. The summed E-state index contributed by atoms with van der Waals surface area (Å²) < 4.78 is 36.7. The Morgan fingerprint density at radius 3 is 2.12 bits per heavy atom. The molecule has 0 saturated heterocycles. The summed E-state index contributed by atoms with van der Waals surface area (Å²) in [6, 6.07) is 4.00. The Kier molecular flexibility index (Phi) is 3.37. The number of rotatable bonds is 3. The van der Waals surface area contributed by atoms with Crippen LogP contribution < -0.4 is 0 Å². The lowest BCUT2D eigenvalue weighted by Crippen LogP contribution is -2.10. The Labute approximate surface area is 90.0 Å². The highest BCUT2D eigenvalue weighted by Crippen LogP contribution is 2.30. The molecule has 86 valence electrons. The van der Waals surface area contributed by atoms with Crippen molar-refractivity contribution in [3.05, 3.63) is 48.0 Å². The first-order valence-electron chi connectivity index (χ1n) is 4.38. The summed E-state index contributed by atoms with van der Waals surface area (Å²) in [7, 11) is 0. The lowest BCUT2D eigenvalue weighted by molar-refractivity contribution is -0.138. The largest absolute Gasteiger partial charge is 0.481 e. The van der Waals surface area contributed by atoms with Gasteiger partial charge in [-0.15, -0.1) is 6.58 Å². The van der Waals surface area contributed by atoms with Gasteiger partial charge in [0.25, 0.3) is 0 Å². The Morgan fingerprint density at radius 1 is 1.31 bits per heavy atom. The van der Waals surface area contributed by atoms with Gasteiger partial charge in [0.2, 0.25) is 0 Å².